The number of hydrogen-bond donors (Lipinski definition) is 0. The maximum Gasteiger partial charge on any atom is 0.227 e. The SMILES string of the molecule is CCc1cnc(N2CC[C@]3(CC(=O)N(c4ccc(C#N)cc4)C3)C2)nc1. The quantitative estimate of drug-likeness (QED) is 0.853. The van der Waals surface area contributed by atoms with E-state index in [0.717, 1.165) is 43.1 Å². The fourth-order valence-electron chi connectivity index (χ4n) is 3.92. The Morgan fingerprint density at radius 2 is 1.92 bits per heavy atom. The van der Waals surface area contributed by atoms with Gasteiger partial charge in [0.05, 0.1) is 11.6 Å². The summed E-state index contributed by atoms with van der Waals surface area (Å²) in [6, 6.07) is 9.35. The molecule has 1 amide bonds. The average Bonchev–Trinajstić information content (AvgIpc) is 3.25. The van der Waals surface area contributed by atoms with E-state index in [-0.39, 0.29) is 11.3 Å². The summed E-state index contributed by atoms with van der Waals surface area (Å²) < 4.78 is 0. The number of nitrogens with zero attached hydrogens (tertiary/aromatic N) is 5. The molecular formula is C20H21N5O. The van der Waals surface area contributed by atoms with Crippen LogP contribution in [0.5, 0.6) is 0 Å². The van der Waals surface area contributed by atoms with Gasteiger partial charge >= 0.3 is 0 Å². The van der Waals surface area contributed by atoms with Crippen LogP contribution in [0.4, 0.5) is 11.6 Å². The maximum absolute atomic E-state index is 12.6. The van der Waals surface area contributed by atoms with Crippen molar-refractivity contribution in [3.63, 3.8) is 0 Å². The second-order valence-electron chi connectivity index (χ2n) is 7.23. The summed E-state index contributed by atoms with van der Waals surface area (Å²) in [6.07, 6.45) is 6.21. The molecule has 0 unspecified atom stereocenters. The number of anilines is 2. The summed E-state index contributed by atoms with van der Waals surface area (Å²) in [7, 11) is 0. The van der Waals surface area contributed by atoms with Crippen molar-refractivity contribution in [2.45, 2.75) is 26.2 Å². The van der Waals surface area contributed by atoms with Crippen LogP contribution in [0.3, 0.4) is 0 Å². The van der Waals surface area contributed by atoms with Crippen LogP contribution in [0.2, 0.25) is 0 Å². The summed E-state index contributed by atoms with van der Waals surface area (Å²) in [5.74, 6) is 0.905. The van der Waals surface area contributed by atoms with Crippen molar-refractivity contribution in [1.82, 2.24) is 9.97 Å². The highest BCUT2D eigenvalue weighted by Crippen LogP contribution is 2.42. The van der Waals surface area contributed by atoms with E-state index >= 15 is 0 Å². The molecule has 0 bridgehead atoms. The molecule has 2 aliphatic heterocycles. The van der Waals surface area contributed by atoms with Crippen molar-refractivity contribution in [2.75, 3.05) is 29.4 Å². The van der Waals surface area contributed by atoms with E-state index in [9.17, 15) is 4.79 Å². The fraction of sp³-hybridized carbons (Fsp3) is 0.400. The molecular weight excluding hydrogens is 326 g/mol. The lowest BCUT2D eigenvalue weighted by Gasteiger charge is -2.24. The average molecular weight is 347 g/mol. The molecule has 2 aromatic rings. The molecule has 0 saturated carbocycles. The molecule has 1 aromatic carbocycles. The molecule has 26 heavy (non-hydrogen) atoms. The zero-order valence-electron chi connectivity index (χ0n) is 14.9. The summed E-state index contributed by atoms with van der Waals surface area (Å²) >= 11 is 0. The minimum atomic E-state index is -0.0439. The lowest BCUT2D eigenvalue weighted by atomic mass is 9.86. The van der Waals surface area contributed by atoms with E-state index in [4.69, 9.17) is 5.26 Å². The van der Waals surface area contributed by atoms with E-state index in [2.05, 4.69) is 27.9 Å². The van der Waals surface area contributed by atoms with Gasteiger partial charge in [-0.3, -0.25) is 4.79 Å². The highest BCUT2D eigenvalue weighted by atomic mass is 16.2. The summed E-state index contributed by atoms with van der Waals surface area (Å²) in [6.45, 7) is 4.48. The second-order valence-corrected chi connectivity index (χ2v) is 7.23. The van der Waals surface area contributed by atoms with Crippen molar-refractivity contribution < 1.29 is 4.79 Å². The second kappa shape index (κ2) is 6.41. The van der Waals surface area contributed by atoms with E-state index in [1.807, 2.05) is 29.4 Å². The molecule has 0 aliphatic carbocycles. The van der Waals surface area contributed by atoms with Gasteiger partial charge < -0.3 is 9.80 Å². The first-order chi connectivity index (χ1) is 12.6. The number of benzene rings is 1. The summed E-state index contributed by atoms with van der Waals surface area (Å²) in [5.41, 5.74) is 2.56. The maximum atomic E-state index is 12.6. The van der Waals surface area contributed by atoms with E-state index in [0.29, 0.717) is 18.5 Å². The molecule has 1 spiro atoms. The van der Waals surface area contributed by atoms with Crippen LogP contribution >= 0.6 is 0 Å². The third kappa shape index (κ3) is 2.90. The van der Waals surface area contributed by atoms with Gasteiger partial charge in [0.1, 0.15) is 0 Å². The molecule has 0 N–H and O–H groups in total. The normalized spacial score (nSPS) is 22.2. The van der Waals surface area contributed by atoms with Gasteiger partial charge in [-0.15, -0.1) is 0 Å². The molecule has 132 valence electrons. The first-order valence-electron chi connectivity index (χ1n) is 8.99. The van der Waals surface area contributed by atoms with E-state index in [1.165, 1.54) is 0 Å². The van der Waals surface area contributed by atoms with Gasteiger partial charge in [-0.1, -0.05) is 6.92 Å². The van der Waals surface area contributed by atoms with Crippen molar-refractivity contribution in [1.29, 1.82) is 5.26 Å². The molecule has 2 aliphatic rings. The number of carbonyl (C=O) groups excluding carboxylic acids is 1. The number of aryl methyl sites for hydroxylation is 1. The highest BCUT2D eigenvalue weighted by molar-refractivity contribution is 5.96. The van der Waals surface area contributed by atoms with Gasteiger partial charge in [0.15, 0.2) is 0 Å². The standard InChI is InChI=1S/C20H21N5O/c1-2-15-11-22-19(23-12-15)24-8-7-20(13-24)9-18(26)25(14-20)17-5-3-16(10-21)4-6-17/h3-6,11-12H,2,7-9,13-14H2,1H3/t20-/m0/s1. The largest absolute Gasteiger partial charge is 0.340 e. The Balaban J connectivity index is 1.49. The third-order valence-corrected chi connectivity index (χ3v) is 5.45. The lowest BCUT2D eigenvalue weighted by molar-refractivity contribution is -0.117. The monoisotopic (exact) mass is 347 g/mol. The number of carbonyl (C=O) groups is 1. The molecule has 1 aromatic heterocycles. The molecule has 6 heteroatoms. The van der Waals surface area contributed by atoms with Gasteiger partial charge in [0, 0.05) is 49.6 Å². The first kappa shape index (κ1) is 16.5. The van der Waals surface area contributed by atoms with Gasteiger partial charge in [-0.25, -0.2) is 9.97 Å². The molecule has 2 saturated heterocycles. The van der Waals surface area contributed by atoms with Gasteiger partial charge in [-0.2, -0.15) is 5.26 Å². The first-order valence-corrected chi connectivity index (χ1v) is 8.99. The number of aromatic nitrogens is 2. The Labute approximate surface area is 153 Å². The predicted octanol–water partition coefficient (Wildman–Crippen LogP) is 2.54. The van der Waals surface area contributed by atoms with Crippen molar-refractivity contribution in [3.05, 3.63) is 47.8 Å². The number of rotatable bonds is 3. The molecule has 0 radical (unpaired) electrons. The fourth-order valence-corrected chi connectivity index (χ4v) is 3.92. The molecule has 4 rings (SSSR count). The van der Waals surface area contributed by atoms with E-state index < -0.39 is 0 Å². The lowest BCUT2D eigenvalue weighted by Crippen LogP contribution is -2.31. The highest BCUT2D eigenvalue weighted by Gasteiger charge is 2.48. The zero-order valence-corrected chi connectivity index (χ0v) is 14.9. The van der Waals surface area contributed by atoms with Crippen LogP contribution in [-0.2, 0) is 11.2 Å². The minimum absolute atomic E-state index is 0.0439. The smallest absolute Gasteiger partial charge is 0.227 e. The van der Waals surface area contributed by atoms with Gasteiger partial charge in [-0.05, 0) is 42.7 Å². The van der Waals surface area contributed by atoms with Crippen molar-refractivity contribution in [2.24, 2.45) is 5.41 Å². The van der Waals surface area contributed by atoms with Gasteiger partial charge in [0.2, 0.25) is 11.9 Å². The number of nitriles is 1. The number of hydrogen-bond acceptors (Lipinski definition) is 5. The number of amides is 1. The Bertz CT molecular complexity index is 855. The Hall–Kier alpha value is -2.94. The van der Waals surface area contributed by atoms with Crippen LogP contribution < -0.4 is 9.80 Å². The van der Waals surface area contributed by atoms with Crippen LogP contribution in [0.1, 0.15) is 30.9 Å². The van der Waals surface area contributed by atoms with Crippen LogP contribution in [0.25, 0.3) is 0 Å². The van der Waals surface area contributed by atoms with Gasteiger partial charge in [0.25, 0.3) is 0 Å². The topological polar surface area (TPSA) is 73.1 Å². The molecule has 6 nitrogen and oxygen atoms in total. The van der Waals surface area contributed by atoms with E-state index in [1.54, 1.807) is 12.1 Å². The Morgan fingerprint density at radius 3 is 2.58 bits per heavy atom. The van der Waals surface area contributed by atoms with Crippen LogP contribution in [-0.4, -0.2) is 35.5 Å². The van der Waals surface area contributed by atoms with Crippen LogP contribution in [0, 0.1) is 16.7 Å². The Kier molecular flexibility index (Phi) is 4.08. The van der Waals surface area contributed by atoms with Crippen molar-refractivity contribution >= 4 is 17.5 Å². The summed E-state index contributed by atoms with van der Waals surface area (Å²) in [5, 5.41) is 8.94. The van der Waals surface area contributed by atoms with Crippen LogP contribution in [0.15, 0.2) is 36.7 Å². The summed E-state index contributed by atoms with van der Waals surface area (Å²) in [4.78, 5) is 25.6. The molecule has 2 fully saturated rings. The minimum Gasteiger partial charge on any atom is -0.340 e. The third-order valence-electron chi connectivity index (χ3n) is 5.45. The molecule has 3 heterocycles. The zero-order chi connectivity index (χ0) is 18.1. The molecule has 1 atom stereocenters. The predicted molar refractivity (Wildman–Crippen MR) is 98.8 cm³/mol. The van der Waals surface area contributed by atoms with Crippen molar-refractivity contribution in [3.8, 4) is 6.07 Å². The Morgan fingerprint density at radius 1 is 1.19 bits per heavy atom.